The molecule has 1 amide bonds. The molecular weight excluding hydrogens is 464 g/mol. The van der Waals surface area contributed by atoms with E-state index < -0.39 is 16.4 Å². The van der Waals surface area contributed by atoms with Crippen LogP contribution in [0.3, 0.4) is 0 Å². The topological polar surface area (TPSA) is 154 Å². The lowest BCUT2D eigenvalue weighted by Crippen LogP contribution is -2.19. The normalized spacial score (nSPS) is 11.1. The van der Waals surface area contributed by atoms with Gasteiger partial charge < -0.3 is 5.32 Å². The highest BCUT2D eigenvalue weighted by molar-refractivity contribution is 6.04. The van der Waals surface area contributed by atoms with Crippen molar-refractivity contribution in [3.05, 3.63) is 97.6 Å². The Bertz CT molecular complexity index is 1730. The molecule has 2 N–H and O–H groups in total. The lowest BCUT2D eigenvalue weighted by atomic mass is 10.1. The van der Waals surface area contributed by atoms with Gasteiger partial charge in [0.25, 0.3) is 17.2 Å². The van der Waals surface area contributed by atoms with Crippen molar-refractivity contribution in [1.29, 1.82) is 0 Å². The maximum Gasteiger partial charge on any atom is 0.270 e. The summed E-state index contributed by atoms with van der Waals surface area (Å²) in [6, 6.07) is 12.8. The number of hydrogen-bond donors (Lipinski definition) is 2. The summed E-state index contributed by atoms with van der Waals surface area (Å²) in [4.78, 5) is 43.5. The molecule has 2 aromatic carbocycles. The molecule has 0 bridgehead atoms. The Labute approximate surface area is 203 Å². The van der Waals surface area contributed by atoms with Crippen molar-refractivity contribution in [2.24, 2.45) is 0 Å². The van der Waals surface area contributed by atoms with Gasteiger partial charge in [0, 0.05) is 23.8 Å². The minimum Gasteiger partial charge on any atom is -0.306 e. The van der Waals surface area contributed by atoms with Gasteiger partial charge in [0.1, 0.15) is 11.2 Å². The molecule has 12 heteroatoms. The van der Waals surface area contributed by atoms with E-state index in [0.717, 1.165) is 16.8 Å². The average Bonchev–Trinajstić information content (AvgIpc) is 3.44. The van der Waals surface area contributed by atoms with Gasteiger partial charge >= 0.3 is 0 Å². The second-order valence-electron chi connectivity index (χ2n) is 8.30. The van der Waals surface area contributed by atoms with E-state index in [2.05, 4.69) is 25.5 Å². The SMILES string of the molecule is Cc1cc(NC(=O)c2cccc([N+](=O)[O-])c2)n(-c2nc3c(cnn3-c3ccc(C)c(C)c3)c(=O)[nH]2)n1. The van der Waals surface area contributed by atoms with Crippen LogP contribution < -0.4 is 10.9 Å². The smallest absolute Gasteiger partial charge is 0.270 e. The van der Waals surface area contributed by atoms with E-state index in [-0.39, 0.29) is 23.0 Å². The molecule has 5 rings (SSSR count). The molecule has 0 spiro atoms. The van der Waals surface area contributed by atoms with Crippen LogP contribution in [0.15, 0.2) is 59.5 Å². The van der Waals surface area contributed by atoms with Crippen molar-refractivity contribution >= 4 is 28.4 Å². The van der Waals surface area contributed by atoms with Crippen molar-refractivity contribution in [3.63, 3.8) is 0 Å². The quantitative estimate of drug-likeness (QED) is 0.286. The van der Waals surface area contributed by atoms with Gasteiger partial charge in [-0.05, 0) is 50.1 Å². The summed E-state index contributed by atoms with van der Waals surface area (Å²) < 4.78 is 2.86. The van der Waals surface area contributed by atoms with E-state index >= 15 is 0 Å². The number of carbonyl (C=O) groups excluding carboxylic acids is 1. The summed E-state index contributed by atoms with van der Waals surface area (Å²) in [6.07, 6.45) is 1.44. The summed E-state index contributed by atoms with van der Waals surface area (Å²) in [5.74, 6) is -0.285. The van der Waals surface area contributed by atoms with Crippen LogP contribution in [0.2, 0.25) is 0 Å². The van der Waals surface area contributed by atoms with E-state index in [4.69, 9.17) is 0 Å². The first-order chi connectivity index (χ1) is 17.2. The Morgan fingerprint density at radius 2 is 1.86 bits per heavy atom. The molecule has 3 heterocycles. The van der Waals surface area contributed by atoms with Crippen LogP contribution in [0.4, 0.5) is 11.5 Å². The average molecular weight is 484 g/mol. The number of anilines is 1. The monoisotopic (exact) mass is 484 g/mol. The minimum atomic E-state index is -0.580. The molecule has 5 aromatic rings. The zero-order chi connectivity index (χ0) is 25.6. The first-order valence-corrected chi connectivity index (χ1v) is 10.9. The third-order valence-electron chi connectivity index (χ3n) is 5.75. The maximum atomic E-state index is 12.9. The molecule has 0 aliphatic carbocycles. The summed E-state index contributed by atoms with van der Waals surface area (Å²) in [6.45, 7) is 5.71. The Hall–Kier alpha value is -5.13. The second kappa shape index (κ2) is 8.58. The first kappa shape index (κ1) is 22.7. The van der Waals surface area contributed by atoms with Crippen molar-refractivity contribution < 1.29 is 9.72 Å². The number of amides is 1. The van der Waals surface area contributed by atoms with Gasteiger partial charge in [-0.2, -0.15) is 19.9 Å². The number of fused-ring (bicyclic) bond motifs is 1. The van der Waals surface area contributed by atoms with E-state index in [0.29, 0.717) is 16.7 Å². The Morgan fingerprint density at radius 1 is 1.06 bits per heavy atom. The van der Waals surface area contributed by atoms with Gasteiger partial charge in [-0.25, -0.2) is 4.68 Å². The van der Waals surface area contributed by atoms with E-state index in [9.17, 15) is 19.7 Å². The predicted octanol–water partition coefficient (Wildman–Crippen LogP) is 3.38. The molecule has 0 aliphatic rings. The number of carbonyl (C=O) groups is 1. The number of non-ortho nitro benzene ring substituents is 1. The fraction of sp³-hybridized carbons (Fsp3) is 0.125. The summed E-state index contributed by atoms with van der Waals surface area (Å²) >= 11 is 0. The second-order valence-corrected chi connectivity index (χ2v) is 8.30. The molecule has 180 valence electrons. The Balaban J connectivity index is 1.57. The number of hydrogen-bond acceptors (Lipinski definition) is 7. The third-order valence-corrected chi connectivity index (χ3v) is 5.75. The van der Waals surface area contributed by atoms with Crippen molar-refractivity contribution in [1.82, 2.24) is 29.5 Å². The molecule has 0 unspecified atom stereocenters. The molecule has 0 fully saturated rings. The fourth-order valence-electron chi connectivity index (χ4n) is 3.75. The first-order valence-electron chi connectivity index (χ1n) is 10.9. The minimum absolute atomic E-state index is 0.0699. The molecule has 3 aromatic heterocycles. The Morgan fingerprint density at radius 3 is 2.61 bits per heavy atom. The number of nitrogens with one attached hydrogen (secondary N) is 2. The van der Waals surface area contributed by atoms with Crippen LogP contribution in [-0.2, 0) is 0 Å². The largest absolute Gasteiger partial charge is 0.306 e. The van der Waals surface area contributed by atoms with Crippen LogP contribution in [0.1, 0.15) is 27.2 Å². The van der Waals surface area contributed by atoms with Crippen LogP contribution in [0.25, 0.3) is 22.7 Å². The van der Waals surface area contributed by atoms with Gasteiger partial charge in [0.05, 0.1) is 22.5 Å². The number of rotatable bonds is 5. The number of aryl methyl sites for hydroxylation is 3. The van der Waals surface area contributed by atoms with Gasteiger partial charge in [-0.15, -0.1) is 0 Å². The highest BCUT2D eigenvalue weighted by Crippen LogP contribution is 2.21. The lowest BCUT2D eigenvalue weighted by Gasteiger charge is -2.09. The van der Waals surface area contributed by atoms with Crippen molar-refractivity contribution in [2.45, 2.75) is 20.8 Å². The highest BCUT2D eigenvalue weighted by atomic mass is 16.6. The van der Waals surface area contributed by atoms with Gasteiger partial charge in [0.2, 0.25) is 5.95 Å². The molecule has 0 saturated carbocycles. The molecule has 0 saturated heterocycles. The predicted molar refractivity (Wildman–Crippen MR) is 132 cm³/mol. The number of aromatic nitrogens is 6. The molecule has 0 radical (unpaired) electrons. The standard InChI is InChI=1S/C24H20N8O4/c1-13-7-8-17(9-14(13)2)30-21-19(12-25-30)23(34)28-24(27-21)31-20(10-15(3)29-31)26-22(33)16-5-4-6-18(11-16)32(35)36/h4-12H,1-3H3,(H,26,33)(H,27,28,34). The maximum absolute atomic E-state index is 12.9. The summed E-state index contributed by atoms with van der Waals surface area (Å²) in [7, 11) is 0. The van der Waals surface area contributed by atoms with E-state index in [1.165, 1.54) is 35.1 Å². The summed E-state index contributed by atoms with van der Waals surface area (Å²) in [5.41, 5.74) is 3.27. The number of aromatic amines is 1. The van der Waals surface area contributed by atoms with Crippen molar-refractivity contribution in [3.8, 4) is 11.6 Å². The Kier molecular flexibility index (Phi) is 5.40. The van der Waals surface area contributed by atoms with Crippen LogP contribution in [0, 0.1) is 30.9 Å². The van der Waals surface area contributed by atoms with Crippen LogP contribution in [-0.4, -0.2) is 40.4 Å². The molecule has 36 heavy (non-hydrogen) atoms. The van der Waals surface area contributed by atoms with Gasteiger partial charge in [-0.3, -0.25) is 24.7 Å². The summed E-state index contributed by atoms with van der Waals surface area (Å²) in [5, 5.41) is 22.8. The fourth-order valence-corrected chi connectivity index (χ4v) is 3.75. The van der Waals surface area contributed by atoms with Crippen LogP contribution >= 0.6 is 0 Å². The van der Waals surface area contributed by atoms with Gasteiger partial charge in [0.15, 0.2) is 5.65 Å². The molecule has 0 aliphatic heterocycles. The van der Waals surface area contributed by atoms with E-state index in [1.807, 2.05) is 32.0 Å². The number of H-pyrrole nitrogens is 1. The van der Waals surface area contributed by atoms with Gasteiger partial charge in [-0.1, -0.05) is 12.1 Å². The zero-order valence-corrected chi connectivity index (χ0v) is 19.5. The lowest BCUT2D eigenvalue weighted by molar-refractivity contribution is -0.384. The molecular formula is C24H20N8O4. The number of nitrogens with zero attached hydrogens (tertiary/aromatic N) is 6. The zero-order valence-electron chi connectivity index (χ0n) is 19.5. The molecule has 12 nitrogen and oxygen atoms in total. The number of benzene rings is 2. The van der Waals surface area contributed by atoms with E-state index in [1.54, 1.807) is 17.7 Å². The van der Waals surface area contributed by atoms with Crippen LogP contribution in [0.5, 0.6) is 0 Å². The molecule has 0 atom stereocenters. The number of nitro benzene ring substituents is 1. The number of nitro groups is 1. The highest BCUT2D eigenvalue weighted by Gasteiger charge is 2.18. The third kappa shape index (κ3) is 4.00. The van der Waals surface area contributed by atoms with Crippen molar-refractivity contribution in [2.75, 3.05) is 5.32 Å².